The zero-order valence-electron chi connectivity index (χ0n) is 22.9. The van der Waals surface area contributed by atoms with Crippen LogP contribution in [0.15, 0.2) is 48.5 Å². The van der Waals surface area contributed by atoms with E-state index in [1.165, 1.54) is 126 Å². The molecule has 0 amide bonds. The molecule has 0 unspecified atom stereocenters. The van der Waals surface area contributed by atoms with Gasteiger partial charge in [-0.25, -0.2) is 0 Å². The third kappa shape index (κ3) is 8.23. The summed E-state index contributed by atoms with van der Waals surface area (Å²) in [5.74, 6) is 3.78. The molecule has 0 spiro atoms. The summed E-state index contributed by atoms with van der Waals surface area (Å²) in [6.07, 6.45) is 24.2. The van der Waals surface area contributed by atoms with Gasteiger partial charge in [-0.3, -0.25) is 0 Å². The Morgan fingerprint density at radius 1 is 0.514 bits per heavy atom. The molecule has 0 heteroatoms. The van der Waals surface area contributed by atoms with E-state index in [4.69, 9.17) is 0 Å². The Morgan fingerprint density at radius 2 is 1.00 bits per heavy atom. The van der Waals surface area contributed by atoms with Crippen molar-refractivity contribution in [2.75, 3.05) is 0 Å². The smallest absolute Gasteiger partial charge is 0.0162 e. The summed E-state index contributed by atoms with van der Waals surface area (Å²) in [6, 6.07) is 19.0. The lowest BCUT2D eigenvalue weighted by Crippen LogP contribution is -2.15. The molecule has 0 bridgehead atoms. The van der Waals surface area contributed by atoms with Gasteiger partial charge in [0.15, 0.2) is 0 Å². The first-order valence-corrected chi connectivity index (χ1v) is 15.4. The van der Waals surface area contributed by atoms with Gasteiger partial charge in [0.1, 0.15) is 0 Å². The summed E-state index contributed by atoms with van der Waals surface area (Å²) >= 11 is 0. The standard InChI is InChI=1S/C35H52/c1-3-5-7-9-29-10-12-30(13-11-29)14-15-31-18-22-33(23-19-31)35-26-24-34(25-27-35)32-20-16-28(17-21-32)8-6-4-2/h18-19,22-30,32H,3-17,20-21H2,1-2H3/t28-,29-,30-,32-. The minimum atomic E-state index is 0.788. The summed E-state index contributed by atoms with van der Waals surface area (Å²) in [7, 11) is 0. The van der Waals surface area contributed by atoms with Gasteiger partial charge < -0.3 is 0 Å². The van der Waals surface area contributed by atoms with E-state index in [2.05, 4.69) is 62.4 Å². The van der Waals surface area contributed by atoms with Crippen LogP contribution in [0.2, 0.25) is 0 Å². The third-order valence-electron chi connectivity index (χ3n) is 9.51. The molecule has 0 aromatic heterocycles. The molecule has 0 aliphatic heterocycles. The Kier molecular flexibility index (Phi) is 10.8. The molecule has 2 fully saturated rings. The highest BCUT2D eigenvalue weighted by Crippen LogP contribution is 2.38. The molecule has 0 nitrogen and oxygen atoms in total. The molecule has 0 atom stereocenters. The molecule has 0 radical (unpaired) electrons. The van der Waals surface area contributed by atoms with Crippen LogP contribution >= 0.6 is 0 Å². The van der Waals surface area contributed by atoms with Crippen LogP contribution in [0.4, 0.5) is 0 Å². The molecule has 35 heavy (non-hydrogen) atoms. The van der Waals surface area contributed by atoms with Crippen molar-refractivity contribution in [3.8, 4) is 11.1 Å². The largest absolute Gasteiger partial charge is 0.0654 e. The van der Waals surface area contributed by atoms with E-state index in [-0.39, 0.29) is 0 Å². The Bertz CT molecular complexity index is 813. The highest BCUT2D eigenvalue weighted by molar-refractivity contribution is 5.64. The number of unbranched alkanes of at least 4 members (excludes halogenated alkanes) is 3. The fourth-order valence-electron chi connectivity index (χ4n) is 6.95. The molecular formula is C35H52. The molecule has 2 aliphatic carbocycles. The average molecular weight is 473 g/mol. The van der Waals surface area contributed by atoms with Crippen LogP contribution in [0.1, 0.15) is 134 Å². The number of hydrogen-bond donors (Lipinski definition) is 0. The Labute approximate surface area is 217 Å². The fourth-order valence-corrected chi connectivity index (χ4v) is 6.95. The van der Waals surface area contributed by atoms with Crippen molar-refractivity contribution in [1.82, 2.24) is 0 Å². The summed E-state index contributed by atoms with van der Waals surface area (Å²) in [5, 5.41) is 0. The second-order valence-electron chi connectivity index (χ2n) is 12.1. The van der Waals surface area contributed by atoms with Crippen molar-refractivity contribution in [3.05, 3.63) is 59.7 Å². The van der Waals surface area contributed by atoms with E-state index < -0.39 is 0 Å². The molecule has 0 saturated heterocycles. The third-order valence-corrected chi connectivity index (χ3v) is 9.51. The van der Waals surface area contributed by atoms with Gasteiger partial charge in [-0.2, -0.15) is 0 Å². The molecule has 192 valence electrons. The van der Waals surface area contributed by atoms with Gasteiger partial charge in [0.2, 0.25) is 0 Å². The van der Waals surface area contributed by atoms with E-state index in [1.807, 2.05) is 0 Å². The van der Waals surface area contributed by atoms with Gasteiger partial charge in [-0.1, -0.05) is 133 Å². The van der Waals surface area contributed by atoms with Crippen LogP contribution in [-0.2, 0) is 6.42 Å². The van der Waals surface area contributed by atoms with Crippen molar-refractivity contribution >= 4 is 0 Å². The molecule has 4 rings (SSSR count). The first-order valence-electron chi connectivity index (χ1n) is 15.4. The van der Waals surface area contributed by atoms with Crippen LogP contribution in [-0.4, -0.2) is 0 Å². The number of benzene rings is 2. The second-order valence-corrected chi connectivity index (χ2v) is 12.1. The fraction of sp³-hybridized carbons (Fsp3) is 0.657. The zero-order valence-corrected chi connectivity index (χ0v) is 22.9. The maximum atomic E-state index is 2.42. The number of rotatable bonds is 12. The summed E-state index contributed by atoms with van der Waals surface area (Å²) in [5.41, 5.74) is 5.84. The quantitative estimate of drug-likeness (QED) is 0.269. The molecule has 2 saturated carbocycles. The molecule has 2 aromatic carbocycles. The van der Waals surface area contributed by atoms with E-state index in [0.717, 1.165) is 23.7 Å². The van der Waals surface area contributed by atoms with E-state index in [1.54, 1.807) is 5.56 Å². The molecule has 0 heterocycles. The Morgan fingerprint density at radius 3 is 1.57 bits per heavy atom. The first-order chi connectivity index (χ1) is 17.2. The van der Waals surface area contributed by atoms with Gasteiger partial charge in [0, 0.05) is 0 Å². The predicted molar refractivity (Wildman–Crippen MR) is 154 cm³/mol. The van der Waals surface area contributed by atoms with Crippen LogP contribution in [0.5, 0.6) is 0 Å². The van der Waals surface area contributed by atoms with Crippen molar-refractivity contribution in [3.63, 3.8) is 0 Å². The van der Waals surface area contributed by atoms with Crippen molar-refractivity contribution < 1.29 is 0 Å². The minimum Gasteiger partial charge on any atom is -0.0654 e. The minimum absolute atomic E-state index is 0.788. The normalized spacial score (nSPS) is 25.0. The Balaban J connectivity index is 1.20. The molecule has 0 N–H and O–H groups in total. The van der Waals surface area contributed by atoms with E-state index in [0.29, 0.717) is 0 Å². The zero-order chi connectivity index (χ0) is 24.3. The first kappa shape index (κ1) is 26.5. The number of hydrogen-bond acceptors (Lipinski definition) is 0. The molecule has 2 aliphatic rings. The summed E-state index contributed by atoms with van der Waals surface area (Å²) < 4.78 is 0. The molecule has 2 aromatic rings. The van der Waals surface area contributed by atoms with E-state index in [9.17, 15) is 0 Å². The van der Waals surface area contributed by atoms with Crippen molar-refractivity contribution in [1.29, 1.82) is 0 Å². The Hall–Kier alpha value is -1.56. The summed E-state index contributed by atoms with van der Waals surface area (Å²) in [6.45, 7) is 4.64. The van der Waals surface area contributed by atoms with Gasteiger partial charge in [0.25, 0.3) is 0 Å². The second kappa shape index (κ2) is 14.2. The van der Waals surface area contributed by atoms with E-state index >= 15 is 0 Å². The lowest BCUT2D eigenvalue weighted by Gasteiger charge is -2.29. The SMILES string of the molecule is CCCCC[C@H]1CC[C@H](CCc2ccc(-c3ccc([C@H]4CC[C@H](CCCC)CC4)cc3)cc2)CC1. The lowest BCUT2D eigenvalue weighted by molar-refractivity contribution is 0.249. The predicted octanol–water partition coefficient (Wildman–Crippen LogP) is 11.1. The van der Waals surface area contributed by atoms with Gasteiger partial charge in [-0.15, -0.1) is 0 Å². The van der Waals surface area contributed by atoms with Gasteiger partial charge >= 0.3 is 0 Å². The van der Waals surface area contributed by atoms with Crippen molar-refractivity contribution in [2.24, 2.45) is 17.8 Å². The average Bonchev–Trinajstić information content (AvgIpc) is 2.92. The van der Waals surface area contributed by atoms with Gasteiger partial charge in [-0.05, 0) is 84.5 Å². The summed E-state index contributed by atoms with van der Waals surface area (Å²) in [4.78, 5) is 0. The molecular weight excluding hydrogens is 420 g/mol. The van der Waals surface area contributed by atoms with Crippen LogP contribution < -0.4 is 0 Å². The van der Waals surface area contributed by atoms with Crippen LogP contribution in [0.25, 0.3) is 11.1 Å². The maximum Gasteiger partial charge on any atom is -0.0162 e. The van der Waals surface area contributed by atoms with Crippen molar-refractivity contribution in [2.45, 2.75) is 129 Å². The highest BCUT2D eigenvalue weighted by atomic mass is 14.3. The maximum absolute atomic E-state index is 2.42. The van der Waals surface area contributed by atoms with Gasteiger partial charge in [0.05, 0.1) is 0 Å². The van der Waals surface area contributed by atoms with Crippen LogP contribution in [0.3, 0.4) is 0 Å². The van der Waals surface area contributed by atoms with Crippen LogP contribution in [0, 0.1) is 17.8 Å². The highest BCUT2D eigenvalue weighted by Gasteiger charge is 2.22. The number of aryl methyl sites for hydroxylation is 1. The topological polar surface area (TPSA) is 0 Å². The lowest BCUT2D eigenvalue weighted by atomic mass is 9.77. The monoisotopic (exact) mass is 472 g/mol.